The minimum absolute atomic E-state index is 0.134. The topological polar surface area (TPSA) is 57.2 Å². The quantitative estimate of drug-likeness (QED) is 0.725. The maximum Gasteiger partial charge on any atom is 0.0661 e. The molecule has 1 aliphatic rings. The summed E-state index contributed by atoms with van der Waals surface area (Å²) in [6, 6.07) is 2.07. The molecule has 1 saturated carbocycles. The van der Waals surface area contributed by atoms with Gasteiger partial charge in [0.15, 0.2) is 0 Å². The van der Waals surface area contributed by atoms with Gasteiger partial charge in [0.1, 0.15) is 0 Å². The molecule has 0 aromatic carbocycles. The minimum Gasteiger partial charge on any atom is -0.394 e. The second-order valence-corrected chi connectivity index (χ2v) is 5.16. The van der Waals surface area contributed by atoms with Gasteiger partial charge in [-0.15, -0.1) is 0 Å². The summed E-state index contributed by atoms with van der Waals surface area (Å²) in [5.41, 5.74) is 1.89. The first-order valence-corrected chi connectivity index (χ1v) is 6.86. The molecule has 0 amide bonds. The van der Waals surface area contributed by atoms with Crippen LogP contribution >= 0.6 is 0 Å². The van der Waals surface area contributed by atoms with Gasteiger partial charge in [-0.1, -0.05) is 19.8 Å². The zero-order valence-corrected chi connectivity index (χ0v) is 11.1. The molecule has 4 nitrogen and oxygen atoms in total. The molecule has 18 heavy (non-hydrogen) atoms. The van der Waals surface area contributed by atoms with Gasteiger partial charge >= 0.3 is 0 Å². The summed E-state index contributed by atoms with van der Waals surface area (Å²) in [4.78, 5) is 4.24. The molecule has 0 radical (unpaired) electrons. The van der Waals surface area contributed by atoms with Crippen LogP contribution in [0.4, 0.5) is 11.4 Å². The van der Waals surface area contributed by atoms with E-state index in [1.807, 2.05) is 12.4 Å². The van der Waals surface area contributed by atoms with Gasteiger partial charge in [0.2, 0.25) is 0 Å². The normalized spacial score (nSPS) is 17.7. The lowest BCUT2D eigenvalue weighted by Gasteiger charge is -2.29. The van der Waals surface area contributed by atoms with Crippen molar-refractivity contribution in [2.24, 2.45) is 0 Å². The van der Waals surface area contributed by atoms with Crippen LogP contribution in [0.25, 0.3) is 0 Å². The van der Waals surface area contributed by atoms with Crippen LogP contribution in [0.1, 0.15) is 39.0 Å². The van der Waals surface area contributed by atoms with Crippen LogP contribution in [0.2, 0.25) is 0 Å². The van der Waals surface area contributed by atoms with E-state index in [0.717, 1.165) is 37.2 Å². The van der Waals surface area contributed by atoms with Crippen LogP contribution in [-0.2, 0) is 0 Å². The third-order valence-electron chi connectivity index (χ3n) is 3.59. The van der Waals surface area contributed by atoms with E-state index in [2.05, 4.69) is 28.6 Å². The summed E-state index contributed by atoms with van der Waals surface area (Å²) in [7, 11) is 0. The number of nitrogens with one attached hydrogen (secondary N) is 2. The van der Waals surface area contributed by atoms with Crippen molar-refractivity contribution in [2.75, 3.05) is 23.8 Å². The van der Waals surface area contributed by atoms with Crippen molar-refractivity contribution in [3.63, 3.8) is 0 Å². The maximum atomic E-state index is 9.59. The Morgan fingerprint density at radius 3 is 2.67 bits per heavy atom. The zero-order chi connectivity index (χ0) is 12.8. The highest BCUT2D eigenvalue weighted by Gasteiger charge is 2.32. The third-order valence-corrected chi connectivity index (χ3v) is 3.59. The molecule has 3 N–H and O–H groups in total. The molecular weight excluding hydrogens is 226 g/mol. The van der Waals surface area contributed by atoms with E-state index in [0.29, 0.717) is 0 Å². The second kappa shape index (κ2) is 6.05. The van der Waals surface area contributed by atoms with Crippen molar-refractivity contribution in [1.29, 1.82) is 0 Å². The van der Waals surface area contributed by atoms with E-state index < -0.39 is 0 Å². The van der Waals surface area contributed by atoms with Crippen molar-refractivity contribution >= 4 is 11.4 Å². The molecule has 2 rings (SSSR count). The monoisotopic (exact) mass is 249 g/mol. The lowest BCUT2D eigenvalue weighted by atomic mass is 9.98. The van der Waals surface area contributed by atoms with E-state index in [-0.39, 0.29) is 12.1 Å². The first-order valence-electron chi connectivity index (χ1n) is 6.86. The van der Waals surface area contributed by atoms with Crippen LogP contribution in [0, 0.1) is 0 Å². The van der Waals surface area contributed by atoms with E-state index in [9.17, 15) is 5.11 Å². The average Bonchev–Trinajstić information content (AvgIpc) is 2.86. The first-order chi connectivity index (χ1) is 8.78. The number of nitrogens with zero attached hydrogens (tertiary/aromatic N) is 1. The summed E-state index contributed by atoms with van der Waals surface area (Å²) in [6.07, 6.45) is 9.21. The van der Waals surface area contributed by atoms with Gasteiger partial charge in [-0.05, 0) is 25.3 Å². The number of aliphatic hydroxyl groups is 1. The Labute approximate surface area is 109 Å². The SMILES string of the molecule is CCCNc1cncc(NC2(CO)CCCC2)c1. The molecule has 4 heteroatoms. The fourth-order valence-corrected chi connectivity index (χ4v) is 2.55. The standard InChI is InChI=1S/C14H23N3O/c1-2-7-16-12-8-13(10-15-9-12)17-14(11-18)5-3-4-6-14/h8-10,16-18H,2-7,11H2,1H3. The van der Waals surface area contributed by atoms with Gasteiger partial charge in [-0.25, -0.2) is 0 Å². The number of pyridine rings is 1. The van der Waals surface area contributed by atoms with Crippen LogP contribution < -0.4 is 10.6 Å². The Morgan fingerprint density at radius 2 is 2.00 bits per heavy atom. The fourth-order valence-electron chi connectivity index (χ4n) is 2.55. The fraction of sp³-hybridized carbons (Fsp3) is 0.643. The van der Waals surface area contributed by atoms with Crippen molar-refractivity contribution < 1.29 is 5.11 Å². The molecule has 0 unspecified atom stereocenters. The molecule has 0 spiro atoms. The van der Waals surface area contributed by atoms with E-state index in [1.165, 1.54) is 12.8 Å². The molecule has 1 aromatic heterocycles. The molecule has 1 aromatic rings. The number of anilines is 2. The molecule has 0 saturated heterocycles. The number of rotatable bonds is 6. The number of aliphatic hydroxyl groups excluding tert-OH is 1. The van der Waals surface area contributed by atoms with Gasteiger partial charge in [0.25, 0.3) is 0 Å². The molecule has 1 heterocycles. The predicted molar refractivity (Wildman–Crippen MR) is 74.9 cm³/mol. The van der Waals surface area contributed by atoms with Gasteiger partial charge in [-0.2, -0.15) is 0 Å². The molecule has 0 atom stereocenters. The summed E-state index contributed by atoms with van der Waals surface area (Å²) in [6.45, 7) is 3.29. The van der Waals surface area contributed by atoms with Crippen LogP contribution in [0.3, 0.4) is 0 Å². The Kier molecular flexibility index (Phi) is 4.42. The van der Waals surface area contributed by atoms with E-state index in [1.54, 1.807) is 0 Å². The zero-order valence-electron chi connectivity index (χ0n) is 11.1. The van der Waals surface area contributed by atoms with Crippen LogP contribution in [0.15, 0.2) is 18.5 Å². The lowest BCUT2D eigenvalue weighted by molar-refractivity contribution is 0.214. The molecular formula is C14H23N3O. The smallest absolute Gasteiger partial charge is 0.0661 e. The predicted octanol–water partition coefficient (Wildman–Crippen LogP) is 2.62. The highest BCUT2D eigenvalue weighted by molar-refractivity contribution is 5.55. The molecule has 100 valence electrons. The van der Waals surface area contributed by atoms with E-state index in [4.69, 9.17) is 0 Å². The van der Waals surface area contributed by atoms with Gasteiger partial charge < -0.3 is 15.7 Å². The Hall–Kier alpha value is -1.29. The number of hydrogen-bond acceptors (Lipinski definition) is 4. The largest absolute Gasteiger partial charge is 0.394 e. The van der Waals surface area contributed by atoms with Crippen molar-refractivity contribution in [3.05, 3.63) is 18.5 Å². The second-order valence-electron chi connectivity index (χ2n) is 5.16. The number of hydrogen-bond donors (Lipinski definition) is 3. The maximum absolute atomic E-state index is 9.59. The van der Waals surface area contributed by atoms with Crippen molar-refractivity contribution in [2.45, 2.75) is 44.6 Å². The van der Waals surface area contributed by atoms with E-state index >= 15 is 0 Å². The average molecular weight is 249 g/mol. The molecule has 0 aliphatic heterocycles. The lowest BCUT2D eigenvalue weighted by Crippen LogP contribution is -2.39. The Balaban J connectivity index is 2.04. The summed E-state index contributed by atoms with van der Waals surface area (Å²) < 4.78 is 0. The number of aromatic nitrogens is 1. The van der Waals surface area contributed by atoms with Gasteiger partial charge in [0.05, 0.1) is 35.9 Å². The minimum atomic E-state index is -0.134. The summed E-state index contributed by atoms with van der Waals surface area (Å²) >= 11 is 0. The highest BCUT2D eigenvalue weighted by Crippen LogP contribution is 2.32. The summed E-state index contributed by atoms with van der Waals surface area (Å²) in [5.74, 6) is 0. The van der Waals surface area contributed by atoms with Gasteiger partial charge in [-0.3, -0.25) is 4.98 Å². The van der Waals surface area contributed by atoms with Crippen LogP contribution in [-0.4, -0.2) is 28.8 Å². The first kappa shape index (κ1) is 13.1. The Bertz CT molecular complexity index is 375. The van der Waals surface area contributed by atoms with Crippen LogP contribution in [0.5, 0.6) is 0 Å². The Morgan fingerprint density at radius 1 is 1.28 bits per heavy atom. The van der Waals surface area contributed by atoms with Crippen molar-refractivity contribution in [3.8, 4) is 0 Å². The molecule has 0 bridgehead atoms. The van der Waals surface area contributed by atoms with Crippen molar-refractivity contribution in [1.82, 2.24) is 4.98 Å². The molecule has 1 aliphatic carbocycles. The summed E-state index contributed by atoms with van der Waals surface area (Å²) in [5, 5.41) is 16.4. The third kappa shape index (κ3) is 3.13. The molecule has 1 fully saturated rings. The highest BCUT2D eigenvalue weighted by atomic mass is 16.3. The van der Waals surface area contributed by atoms with Gasteiger partial charge in [0, 0.05) is 6.54 Å².